The van der Waals surface area contributed by atoms with Crippen LogP contribution in [0.15, 0.2) is 23.4 Å². The minimum atomic E-state index is -4.54. The van der Waals surface area contributed by atoms with E-state index in [1.807, 2.05) is 0 Å². The molecule has 2 atom stereocenters. The first-order chi connectivity index (χ1) is 13.2. The van der Waals surface area contributed by atoms with Crippen molar-refractivity contribution in [3.63, 3.8) is 0 Å². The predicted octanol–water partition coefficient (Wildman–Crippen LogP) is 3.15. The smallest absolute Gasteiger partial charge is 0.422 e. The van der Waals surface area contributed by atoms with Gasteiger partial charge in [-0.25, -0.2) is 4.79 Å². The van der Waals surface area contributed by atoms with E-state index in [1.165, 1.54) is 18.2 Å². The third-order valence-electron chi connectivity index (χ3n) is 4.49. The molecule has 1 N–H and O–H groups in total. The fourth-order valence-electron chi connectivity index (χ4n) is 3.00. The van der Waals surface area contributed by atoms with Gasteiger partial charge in [-0.15, -0.1) is 0 Å². The van der Waals surface area contributed by atoms with Crippen molar-refractivity contribution in [2.45, 2.75) is 44.1 Å². The number of oxime groups is 1. The minimum absolute atomic E-state index is 0.0951. The number of aliphatic carboxylic acids is 1. The highest BCUT2D eigenvalue weighted by molar-refractivity contribution is 6.02. The van der Waals surface area contributed by atoms with E-state index in [0.717, 1.165) is 0 Å². The van der Waals surface area contributed by atoms with Gasteiger partial charge in [0.05, 0.1) is 18.9 Å². The van der Waals surface area contributed by atoms with Crippen molar-refractivity contribution in [3.8, 4) is 11.5 Å². The summed E-state index contributed by atoms with van der Waals surface area (Å²) in [6, 6.07) is 4.27. The lowest BCUT2D eigenvalue weighted by Crippen LogP contribution is -2.29. The van der Waals surface area contributed by atoms with Gasteiger partial charge in [0.15, 0.2) is 29.8 Å². The second-order valence-corrected chi connectivity index (χ2v) is 6.71. The van der Waals surface area contributed by atoms with Crippen LogP contribution in [-0.2, 0) is 14.4 Å². The fraction of sp³-hybridized carbons (Fsp3) is 0.556. The first-order valence-electron chi connectivity index (χ1n) is 8.77. The summed E-state index contributed by atoms with van der Waals surface area (Å²) in [5, 5.41) is 13.3. The molecule has 2 aliphatic rings. The van der Waals surface area contributed by atoms with E-state index >= 15 is 0 Å². The van der Waals surface area contributed by atoms with E-state index in [1.54, 1.807) is 6.92 Å². The van der Waals surface area contributed by atoms with Gasteiger partial charge in [0.25, 0.3) is 0 Å². The maximum atomic E-state index is 12.5. The molecule has 1 aromatic carbocycles. The SMILES string of the molecule is CCC(Oc1cc(C2=NOC3(CCOC3)C2)ccc1OCC(F)(F)F)C(=O)O. The van der Waals surface area contributed by atoms with Crippen molar-refractivity contribution in [3.05, 3.63) is 23.8 Å². The molecule has 2 aliphatic heterocycles. The second-order valence-electron chi connectivity index (χ2n) is 6.71. The molecule has 154 valence electrons. The Morgan fingerprint density at radius 2 is 2.18 bits per heavy atom. The summed E-state index contributed by atoms with van der Waals surface area (Å²) < 4.78 is 53.1. The van der Waals surface area contributed by atoms with Crippen molar-refractivity contribution >= 4 is 11.7 Å². The van der Waals surface area contributed by atoms with Crippen LogP contribution >= 0.6 is 0 Å². The summed E-state index contributed by atoms with van der Waals surface area (Å²) in [4.78, 5) is 16.8. The van der Waals surface area contributed by atoms with Crippen LogP contribution in [0, 0.1) is 0 Å². The molecule has 1 fully saturated rings. The highest BCUT2D eigenvalue weighted by Gasteiger charge is 2.43. The Balaban J connectivity index is 1.84. The number of nitrogens with zero attached hydrogens (tertiary/aromatic N) is 1. The monoisotopic (exact) mass is 403 g/mol. The number of alkyl halides is 3. The van der Waals surface area contributed by atoms with E-state index in [2.05, 4.69) is 5.16 Å². The molecular formula is C18H20F3NO6. The molecule has 0 bridgehead atoms. The standard InChI is InChI=1S/C18H20F3NO6/c1-2-13(16(23)24)27-15-7-11(3-4-14(15)26-10-18(19,20)21)12-8-17(28-22-12)5-6-25-9-17/h3-4,7,13H,2,5-6,8-10H2,1H3,(H,23,24). The Kier molecular flexibility index (Phi) is 5.69. The zero-order valence-corrected chi connectivity index (χ0v) is 15.1. The quantitative estimate of drug-likeness (QED) is 0.753. The normalized spacial score (nSPS) is 22.6. The molecule has 28 heavy (non-hydrogen) atoms. The number of carboxylic acids is 1. The van der Waals surface area contributed by atoms with Crippen LogP contribution < -0.4 is 9.47 Å². The van der Waals surface area contributed by atoms with Crippen LogP contribution in [0.25, 0.3) is 0 Å². The lowest BCUT2D eigenvalue weighted by atomic mass is 9.93. The van der Waals surface area contributed by atoms with Gasteiger partial charge < -0.3 is 24.2 Å². The van der Waals surface area contributed by atoms with Gasteiger partial charge >= 0.3 is 12.1 Å². The Morgan fingerprint density at radius 3 is 2.79 bits per heavy atom. The molecule has 2 unspecified atom stereocenters. The number of carboxylic acid groups (broad SMARTS) is 1. The number of hydrogen-bond donors (Lipinski definition) is 1. The zero-order chi connectivity index (χ0) is 20.4. The van der Waals surface area contributed by atoms with E-state index in [9.17, 15) is 23.1 Å². The topological polar surface area (TPSA) is 86.6 Å². The summed E-state index contributed by atoms with van der Waals surface area (Å²) in [5.74, 6) is -1.51. The van der Waals surface area contributed by atoms with Crippen LogP contribution in [0.1, 0.15) is 31.7 Å². The molecule has 1 spiro atoms. The van der Waals surface area contributed by atoms with Crippen molar-refractivity contribution in [1.82, 2.24) is 0 Å². The van der Waals surface area contributed by atoms with Crippen LogP contribution in [0.5, 0.6) is 11.5 Å². The predicted molar refractivity (Wildman–Crippen MR) is 90.7 cm³/mol. The van der Waals surface area contributed by atoms with E-state index in [4.69, 9.17) is 19.0 Å². The number of rotatable bonds is 7. The highest BCUT2D eigenvalue weighted by atomic mass is 19.4. The molecule has 7 nitrogen and oxygen atoms in total. The largest absolute Gasteiger partial charge is 0.480 e. The maximum absolute atomic E-state index is 12.5. The van der Waals surface area contributed by atoms with Crippen molar-refractivity contribution in [2.24, 2.45) is 5.16 Å². The van der Waals surface area contributed by atoms with E-state index in [0.29, 0.717) is 37.3 Å². The van der Waals surface area contributed by atoms with Crippen LogP contribution in [0.4, 0.5) is 13.2 Å². The van der Waals surface area contributed by atoms with E-state index < -0.39 is 30.5 Å². The molecule has 1 saturated heterocycles. The van der Waals surface area contributed by atoms with Gasteiger partial charge in [-0.05, 0) is 24.6 Å². The Morgan fingerprint density at radius 1 is 1.39 bits per heavy atom. The molecule has 2 heterocycles. The number of hydrogen-bond acceptors (Lipinski definition) is 6. The molecule has 1 aromatic rings. The van der Waals surface area contributed by atoms with Gasteiger partial charge in [-0.1, -0.05) is 12.1 Å². The molecule has 3 rings (SSSR count). The van der Waals surface area contributed by atoms with Crippen molar-refractivity contribution in [2.75, 3.05) is 19.8 Å². The number of benzene rings is 1. The molecular weight excluding hydrogens is 383 g/mol. The third kappa shape index (κ3) is 4.67. The Labute approximate surface area is 159 Å². The first kappa shape index (κ1) is 20.2. The molecule has 0 radical (unpaired) electrons. The average molecular weight is 403 g/mol. The average Bonchev–Trinajstić information content (AvgIpc) is 3.27. The van der Waals surface area contributed by atoms with Gasteiger partial charge in [0, 0.05) is 18.4 Å². The van der Waals surface area contributed by atoms with Gasteiger partial charge in [-0.2, -0.15) is 13.2 Å². The summed E-state index contributed by atoms with van der Waals surface area (Å²) >= 11 is 0. The van der Waals surface area contributed by atoms with Gasteiger partial charge in [-0.3, -0.25) is 0 Å². The fourth-order valence-corrected chi connectivity index (χ4v) is 3.00. The number of carbonyl (C=O) groups is 1. The summed E-state index contributed by atoms with van der Waals surface area (Å²) in [6.45, 7) is 1.06. The Hall–Kier alpha value is -2.49. The highest BCUT2D eigenvalue weighted by Crippen LogP contribution is 2.37. The van der Waals surface area contributed by atoms with Gasteiger partial charge in [0.2, 0.25) is 0 Å². The molecule has 10 heteroatoms. The lowest BCUT2D eigenvalue weighted by molar-refractivity contribution is -0.154. The van der Waals surface area contributed by atoms with Crippen LogP contribution in [-0.4, -0.2) is 54.5 Å². The first-order valence-corrected chi connectivity index (χ1v) is 8.77. The number of halogens is 3. The minimum Gasteiger partial charge on any atom is -0.480 e. The van der Waals surface area contributed by atoms with Crippen molar-refractivity contribution in [1.29, 1.82) is 0 Å². The summed E-state index contributed by atoms with van der Waals surface area (Å²) in [7, 11) is 0. The third-order valence-corrected chi connectivity index (χ3v) is 4.49. The molecule has 0 amide bonds. The molecule has 0 aliphatic carbocycles. The number of ether oxygens (including phenoxy) is 3. The zero-order valence-electron chi connectivity index (χ0n) is 15.1. The van der Waals surface area contributed by atoms with Gasteiger partial charge in [0.1, 0.15) is 0 Å². The summed E-state index contributed by atoms with van der Waals surface area (Å²) in [5.41, 5.74) is 0.619. The van der Waals surface area contributed by atoms with Crippen molar-refractivity contribution < 1.29 is 42.1 Å². The van der Waals surface area contributed by atoms with Crippen LogP contribution in [0.2, 0.25) is 0 Å². The lowest BCUT2D eigenvalue weighted by Gasteiger charge is -2.19. The van der Waals surface area contributed by atoms with Crippen LogP contribution in [0.3, 0.4) is 0 Å². The summed E-state index contributed by atoms with van der Waals surface area (Å²) in [6.07, 6.45) is -4.47. The molecule has 0 saturated carbocycles. The Bertz CT molecular complexity index is 758. The second kappa shape index (κ2) is 7.86. The van der Waals surface area contributed by atoms with E-state index in [-0.39, 0.29) is 17.9 Å². The maximum Gasteiger partial charge on any atom is 0.422 e. The molecule has 0 aromatic heterocycles.